The van der Waals surface area contributed by atoms with Crippen molar-refractivity contribution < 1.29 is 0 Å². The van der Waals surface area contributed by atoms with Crippen molar-refractivity contribution in [2.24, 2.45) is 0 Å². The Kier molecular flexibility index (Phi) is 3.11. The van der Waals surface area contributed by atoms with E-state index in [1.54, 1.807) is 0 Å². The van der Waals surface area contributed by atoms with Crippen molar-refractivity contribution in [1.82, 2.24) is 5.32 Å². The third kappa shape index (κ3) is 2.06. The molecule has 0 heterocycles. The lowest BCUT2D eigenvalue weighted by Crippen LogP contribution is -2.19. The van der Waals surface area contributed by atoms with Crippen LogP contribution in [0.5, 0.6) is 0 Å². The van der Waals surface area contributed by atoms with Crippen LogP contribution in [0.2, 0.25) is 0 Å². The molecule has 11 heavy (non-hydrogen) atoms. The van der Waals surface area contributed by atoms with Crippen molar-refractivity contribution in [2.45, 2.75) is 5.50 Å². The van der Waals surface area contributed by atoms with Gasteiger partial charge in [-0.15, -0.1) is 11.6 Å². The predicted octanol–water partition coefficient (Wildman–Crippen LogP) is 0.134. The van der Waals surface area contributed by atoms with E-state index in [0.29, 0.717) is 0 Å². The van der Waals surface area contributed by atoms with Crippen LogP contribution in [0.15, 0.2) is 24.3 Å². The van der Waals surface area contributed by atoms with Gasteiger partial charge in [0.15, 0.2) is 0 Å². The van der Waals surface area contributed by atoms with E-state index < -0.39 is 0 Å². The number of alkyl halides is 1. The van der Waals surface area contributed by atoms with E-state index in [0.717, 1.165) is 10.2 Å². The van der Waals surface area contributed by atoms with Crippen molar-refractivity contribution >= 4 is 27.0 Å². The summed E-state index contributed by atoms with van der Waals surface area (Å²) in [5.41, 5.74) is 1.17. The molecule has 0 aliphatic carbocycles. The molecule has 0 fully saturated rings. The molecule has 1 aromatic carbocycles. The van der Waals surface area contributed by atoms with Gasteiger partial charge in [-0.3, -0.25) is 0 Å². The SMILES string of the molecule is CNC(Cl)c1ccccc1[SiH3]. The average Bonchev–Trinajstić information content (AvgIpc) is 2.04. The fourth-order valence-corrected chi connectivity index (χ4v) is 2.10. The monoisotopic (exact) mass is 185 g/mol. The van der Waals surface area contributed by atoms with Gasteiger partial charge in [0, 0.05) is 10.2 Å². The lowest BCUT2D eigenvalue weighted by atomic mass is 10.2. The highest BCUT2D eigenvalue weighted by Crippen LogP contribution is 2.12. The fourth-order valence-electron chi connectivity index (χ4n) is 1.03. The number of hydrogen-bond donors (Lipinski definition) is 1. The zero-order valence-corrected chi connectivity index (χ0v) is 9.52. The molecule has 0 spiro atoms. The first kappa shape index (κ1) is 8.78. The number of halogens is 1. The summed E-state index contributed by atoms with van der Waals surface area (Å²) in [4.78, 5) is 0. The van der Waals surface area contributed by atoms with Crippen LogP contribution in [0.3, 0.4) is 0 Å². The van der Waals surface area contributed by atoms with Gasteiger partial charge in [-0.2, -0.15) is 0 Å². The van der Waals surface area contributed by atoms with Gasteiger partial charge in [-0.25, -0.2) is 0 Å². The van der Waals surface area contributed by atoms with Crippen molar-refractivity contribution in [3.8, 4) is 0 Å². The Morgan fingerprint density at radius 2 is 2.09 bits per heavy atom. The number of rotatable bonds is 2. The van der Waals surface area contributed by atoms with Crippen LogP contribution in [0.1, 0.15) is 11.1 Å². The summed E-state index contributed by atoms with van der Waals surface area (Å²) in [6.45, 7) is 0. The van der Waals surface area contributed by atoms with Gasteiger partial charge in [-0.1, -0.05) is 29.5 Å². The first-order valence-corrected chi connectivity index (χ1v) is 5.06. The first-order valence-electron chi connectivity index (χ1n) is 3.62. The molecule has 1 N–H and O–H groups in total. The zero-order chi connectivity index (χ0) is 8.27. The number of hydrogen-bond acceptors (Lipinski definition) is 1. The Morgan fingerprint density at radius 1 is 1.45 bits per heavy atom. The lowest BCUT2D eigenvalue weighted by molar-refractivity contribution is 0.787. The standard InChI is InChI=1S/C8H12ClNSi/c1-10-8(9)6-4-2-3-5-7(6)11/h2-5,8,10H,1,11H3. The summed E-state index contributed by atoms with van der Waals surface area (Å²) in [5, 5.41) is 4.37. The molecule has 0 bridgehead atoms. The number of benzene rings is 1. The predicted molar refractivity (Wildman–Crippen MR) is 53.7 cm³/mol. The van der Waals surface area contributed by atoms with Gasteiger partial charge in [-0.05, 0) is 12.6 Å². The second-order valence-electron chi connectivity index (χ2n) is 2.51. The molecule has 1 atom stereocenters. The highest BCUT2D eigenvalue weighted by Gasteiger charge is 2.05. The summed E-state index contributed by atoms with van der Waals surface area (Å²) >= 11 is 6.01. The molecular weight excluding hydrogens is 174 g/mol. The Labute approximate surface area is 75.2 Å². The summed E-state index contributed by atoms with van der Waals surface area (Å²) in [5.74, 6) is 0. The van der Waals surface area contributed by atoms with Gasteiger partial charge in [0.1, 0.15) is 5.50 Å². The van der Waals surface area contributed by atoms with Gasteiger partial charge < -0.3 is 5.32 Å². The van der Waals surface area contributed by atoms with Crippen molar-refractivity contribution in [3.63, 3.8) is 0 Å². The van der Waals surface area contributed by atoms with E-state index in [-0.39, 0.29) is 5.50 Å². The maximum Gasteiger partial charge on any atom is 0.108 e. The van der Waals surface area contributed by atoms with Gasteiger partial charge >= 0.3 is 0 Å². The summed E-state index contributed by atoms with van der Waals surface area (Å²) in [7, 11) is 2.92. The average molecular weight is 186 g/mol. The van der Waals surface area contributed by atoms with E-state index in [1.807, 2.05) is 19.2 Å². The third-order valence-electron chi connectivity index (χ3n) is 1.71. The zero-order valence-electron chi connectivity index (χ0n) is 6.76. The minimum atomic E-state index is -0.0382. The van der Waals surface area contributed by atoms with Crippen LogP contribution >= 0.6 is 11.6 Å². The van der Waals surface area contributed by atoms with E-state index in [2.05, 4.69) is 17.4 Å². The second-order valence-corrected chi connectivity index (χ2v) is 4.02. The third-order valence-corrected chi connectivity index (χ3v) is 3.08. The van der Waals surface area contributed by atoms with Crippen LogP contribution in [0.25, 0.3) is 0 Å². The molecule has 3 heteroatoms. The van der Waals surface area contributed by atoms with Gasteiger partial charge in [0.05, 0.1) is 0 Å². The molecule has 0 aromatic heterocycles. The smallest absolute Gasteiger partial charge is 0.108 e. The molecule has 0 saturated heterocycles. The number of nitrogens with one attached hydrogen (secondary N) is 1. The van der Waals surface area contributed by atoms with Crippen molar-refractivity contribution in [3.05, 3.63) is 29.8 Å². The van der Waals surface area contributed by atoms with Crippen LogP contribution in [-0.4, -0.2) is 17.3 Å². The Balaban J connectivity index is 2.93. The summed E-state index contributed by atoms with van der Waals surface area (Å²) in [6, 6.07) is 8.25. The Bertz CT molecular complexity index is 239. The van der Waals surface area contributed by atoms with Crippen molar-refractivity contribution in [1.29, 1.82) is 0 Å². The highest BCUT2D eigenvalue weighted by atomic mass is 35.5. The minimum absolute atomic E-state index is 0.0382. The van der Waals surface area contributed by atoms with Crippen molar-refractivity contribution in [2.75, 3.05) is 7.05 Å². The van der Waals surface area contributed by atoms with Crippen LogP contribution < -0.4 is 10.5 Å². The maximum atomic E-state index is 6.01. The highest BCUT2D eigenvalue weighted by molar-refractivity contribution is 6.34. The molecule has 60 valence electrons. The van der Waals surface area contributed by atoms with Gasteiger partial charge in [0.25, 0.3) is 0 Å². The summed E-state index contributed by atoms with van der Waals surface area (Å²) < 4.78 is 0. The second kappa shape index (κ2) is 3.90. The fraction of sp³-hybridized carbons (Fsp3) is 0.250. The van der Waals surface area contributed by atoms with E-state index in [1.165, 1.54) is 10.8 Å². The molecule has 0 amide bonds. The molecule has 1 unspecified atom stereocenters. The molecule has 0 aliphatic rings. The topological polar surface area (TPSA) is 12.0 Å². The normalized spacial score (nSPS) is 13.3. The van der Waals surface area contributed by atoms with Crippen LogP contribution in [0, 0.1) is 0 Å². The van der Waals surface area contributed by atoms with E-state index in [9.17, 15) is 0 Å². The quantitative estimate of drug-likeness (QED) is 0.393. The maximum absolute atomic E-state index is 6.01. The molecule has 0 saturated carbocycles. The van der Waals surface area contributed by atoms with Gasteiger partial charge in [0.2, 0.25) is 0 Å². The molecule has 1 aromatic rings. The Morgan fingerprint density at radius 3 is 2.64 bits per heavy atom. The van der Waals surface area contributed by atoms with E-state index >= 15 is 0 Å². The Hall–Kier alpha value is -0.313. The molecule has 1 nitrogen and oxygen atoms in total. The minimum Gasteiger partial charge on any atom is -0.301 e. The van der Waals surface area contributed by atoms with Crippen LogP contribution in [-0.2, 0) is 0 Å². The van der Waals surface area contributed by atoms with Crippen LogP contribution in [0.4, 0.5) is 0 Å². The largest absolute Gasteiger partial charge is 0.301 e. The summed E-state index contributed by atoms with van der Waals surface area (Å²) in [6.07, 6.45) is 0. The van der Waals surface area contributed by atoms with E-state index in [4.69, 9.17) is 11.6 Å². The molecule has 0 aliphatic heterocycles. The molecule has 0 radical (unpaired) electrons. The molecule has 1 rings (SSSR count). The lowest BCUT2D eigenvalue weighted by Gasteiger charge is -2.10. The first-order chi connectivity index (χ1) is 5.25. The molecular formula is C8H12ClNSi.